The minimum Gasteiger partial charge on any atom is -0.325 e. The normalized spacial score (nSPS) is 14.7. The molecule has 3 aliphatic heterocycles. The van der Waals surface area contributed by atoms with Crippen molar-refractivity contribution in [2.45, 2.75) is 295 Å². The standard InChI is InChI=1S/C12H20N2.C11H18N2O.C11H17NO.2C10H17N3.2C9H15N3O/c1-8-9(2)13-11(4)14(10(8)3)12(5,6)7;1-7-8(2)12-10(14)13(9(7)3)11(4,5)6;1-8-6-9(2)12(10(13)7-8)11(3,4)5;1-7-11-8(2)13(9(3)12-7)10(4,5)6;1-7-8(2)12-13(9(3)11-7)10(4,5)6;1-6-10-7(2)12(8(13)11-6)9(3,4)5;1-6-7(2)11-12(8(13)10-6)9(3,4)5/h4H2,1-3,5-7H3;1-6H3;6-7H,1-5H3;2H2,1,3-6H3;3H2,1-2,4-6H3;2*1-5H3. The van der Waals surface area contributed by atoms with Crippen LogP contribution in [0.1, 0.15) is 245 Å². The smallest absolute Gasteiger partial charge is 0.325 e. The fourth-order valence-corrected chi connectivity index (χ4v) is 10.3. The molecule has 0 N–H and O–H groups in total. The summed E-state index contributed by atoms with van der Waals surface area (Å²) in [7, 11) is 0. The quantitative estimate of drug-likeness (QED) is 0.160. The molecule has 0 aliphatic carbocycles. The number of hydrogen-bond acceptors (Lipinski definition) is 17. The monoisotopic (exact) mass is 1290 g/mol. The van der Waals surface area contributed by atoms with Gasteiger partial charge < -0.3 is 14.4 Å². The zero-order valence-corrected chi connectivity index (χ0v) is 64.5. The third-order valence-electron chi connectivity index (χ3n) is 14.7. The van der Waals surface area contributed by atoms with Crippen LogP contribution < -0.4 is 22.6 Å². The van der Waals surface area contributed by atoms with Crippen LogP contribution in [-0.4, -0.2) is 104 Å². The van der Waals surface area contributed by atoms with Gasteiger partial charge in [0.25, 0.3) is 5.56 Å². The molecule has 4 aromatic rings. The van der Waals surface area contributed by atoms with Gasteiger partial charge in [-0.15, -0.1) is 0 Å². The third-order valence-corrected chi connectivity index (χ3v) is 14.7. The Labute approximate surface area is 558 Å². The van der Waals surface area contributed by atoms with Gasteiger partial charge in [-0.3, -0.25) is 13.9 Å². The number of hydrazone groups is 1. The molecule has 0 atom stereocenters. The molecule has 4 aromatic heterocycles. The van der Waals surface area contributed by atoms with Crippen LogP contribution in [0.2, 0.25) is 0 Å². The average Bonchev–Trinajstić information content (AvgIpc) is 0.875. The van der Waals surface area contributed by atoms with Crippen molar-refractivity contribution in [3.63, 3.8) is 0 Å². The van der Waals surface area contributed by atoms with Crippen LogP contribution in [0.15, 0.2) is 105 Å². The molecule has 0 bridgehead atoms. The molecule has 21 nitrogen and oxygen atoms in total. The van der Waals surface area contributed by atoms with Crippen molar-refractivity contribution in [1.29, 1.82) is 0 Å². The Bertz CT molecular complexity index is 3770. The Morgan fingerprint density at radius 2 is 0.849 bits per heavy atom. The van der Waals surface area contributed by atoms with Crippen LogP contribution in [0.3, 0.4) is 0 Å². The van der Waals surface area contributed by atoms with E-state index < -0.39 is 0 Å². The lowest BCUT2D eigenvalue weighted by atomic mass is 10.0. The Morgan fingerprint density at radius 3 is 1.27 bits per heavy atom. The molecule has 0 fully saturated rings. The maximum Gasteiger partial charge on any atom is 0.364 e. The highest BCUT2D eigenvalue weighted by atomic mass is 16.2. The van der Waals surface area contributed by atoms with Crippen LogP contribution in [0.25, 0.3) is 0 Å². The maximum atomic E-state index is 11.7. The molecule has 7 rings (SSSR count). The summed E-state index contributed by atoms with van der Waals surface area (Å²) in [5.74, 6) is 5.33. The van der Waals surface area contributed by atoms with Crippen LogP contribution >= 0.6 is 0 Å². The van der Waals surface area contributed by atoms with E-state index in [0.29, 0.717) is 17.3 Å². The molecule has 0 unspecified atom stereocenters. The number of hydrogen-bond donors (Lipinski definition) is 0. The minimum atomic E-state index is -0.303. The first kappa shape index (κ1) is 83.2. The minimum absolute atomic E-state index is 0.00509. The van der Waals surface area contributed by atoms with Crippen molar-refractivity contribution in [1.82, 2.24) is 58.2 Å². The fraction of sp³-hybridized carbons (Fsp3) is 0.611. The highest BCUT2D eigenvalue weighted by Crippen LogP contribution is 2.31. The van der Waals surface area contributed by atoms with E-state index in [1.807, 2.05) is 187 Å². The Hall–Kier alpha value is -7.84. The number of aryl methyl sites for hydroxylation is 7. The first-order valence-electron chi connectivity index (χ1n) is 31.7. The lowest BCUT2D eigenvalue weighted by Gasteiger charge is -2.41. The van der Waals surface area contributed by atoms with Gasteiger partial charge in [0.2, 0.25) is 0 Å². The topological polar surface area (TPSA) is 224 Å². The van der Waals surface area contributed by atoms with Crippen LogP contribution in [0.4, 0.5) is 0 Å². The molecule has 0 saturated carbocycles. The van der Waals surface area contributed by atoms with Gasteiger partial charge >= 0.3 is 17.1 Å². The number of amidine groups is 2. The molecule has 7 heterocycles. The highest BCUT2D eigenvalue weighted by molar-refractivity contribution is 6.41. The number of nitrogens with zero attached hydrogens (tertiary/aromatic N) is 17. The Balaban J connectivity index is 0.000000543. The summed E-state index contributed by atoms with van der Waals surface area (Å²) < 4.78 is 6.57. The number of rotatable bonds is 0. The zero-order valence-electron chi connectivity index (χ0n) is 64.5. The van der Waals surface area contributed by atoms with Crippen LogP contribution in [0, 0.1) is 62.3 Å². The highest BCUT2D eigenvalue weighted by Gasteiger charge is 2.30. The zero-order chi connectivity index (χ0) is 73.3. The van der Waals surface area contributed by atoms with Gasteiger partial charge in [-0.2, -0.15) is 25.2 Å². The Kier molecular flexibility index (Phi) is 28.1. The van der Waals surface area contributed by atoms with E-state index in [2.05, 4.69) is 151 Å². The van der Waals surface area contributed by atoms with Crippen molar-refractivity contribution in [3.8, 4) is 0 Å². The summed E-state index contributed by atoms with van der Waals surface area (Å²) in [4.78, 5) is 83.7. The van der Waals surface area contributed by atoms with Crippen molar-refractivity contribution in [3.05, 3.63) is 154 Å². The second-order valence-corrected chi connectivity index (χ2v) is 30.8. The van der Waals surface area contributed by atoms with Crippen LogP contribution in [-0.2, 0) is 22.2 Å². The molecule has 21 heteroatoms. The fourth-order valence-electron chi connectivity index (χ4n) is 10.3. The van der Waals surface area contributed by atoms with E-state index in [1.165, 1.54) is 16.0 Å². The number of aromatic nitrogens is 9. The number of aliphatic imine (C=N–C) groups is 4. The van der Waals surface area contributed by atoms with Gasteiger partial charge in [-0.1, -0.05) is 19.7 Å². The van der Waals surface area contributed by atoms with E-state index in [1.54, 1.807) is 29.0 Å². The number of allylic oxidation sites excluding steroid dienone is 2. The SMILES string of the molecule is C=C1N=C(C)C(C)=C(C)N1C(C)(C)C.C=C1N=C(C)C(C)=NN1C(C)(C)C.C=C1N=C(C)N=C(C)N1C(C)(C)C.Cc1cc(C)n(C(C)(C)C)c(=O)c1.Cc1nc(=O)n(C(C)(C)C)c(C)c1C.Cc1nc(=O)n(C(C)(C)C)nc1C.Cc1nc(C)n(C(C)(C)C)c(=O)n1. The van der Waals surface area contributed by atoms with E-state index in [-0.39, 0.29) is 61.4 Å². The summed E-state index contributed by atoms with van der Waals surface area (Å²) >= 11 is 0. The van der Waals surface area contributed by atoms with Gasteiger partial charge in [0.05, 0.1) is 33.9 Å². The molecular formula is C72H119N17O4. The summed E-state index contributed by atoms with van der Waals surface area (Å²) in [5, 5.41) is 10.5. The second kappa shape index (κ2) is 31.4. The maximum absolute atomic E-state index is 11.7. The van der Waals surface area contributed by atoms with Crippen molar-refractivity contribution < 1.29 is 0 Å². The van der Waals surface area contributed by atoms with Gasteiger partial charge in [0.1, 0.15) is 40.8 Å². The predicted octanol–water partition coefficient (Wildman–Crippen LogP) is 14.3. The second-order valence-electron chi connectivity index (χ2n) is 30.8. The molecule has 516 valence electrons. The van der Waals surface area contributed by atoms with E-state index in [9.17, 15) is 19.2 Å². The van der Waals surface area contributed by atoms with Gasteiger partial charge in [-0.25, -0.2) is 49.0 Å². The van der Waals surface area contributed by atoms with Crippen molar-refractivity contribution in [2.24, 2.45) is 25.1 Å². The van der Waals surface area contributed by atoms with Crippen LogP contribution in [0.5, 0.6) is 0 Å². The first-order chi connectivity index (χ1) is 41.6. The summed E-state index contributed by atoms with van der Waals surface area (Å²) in [6, 6.07) is 3.71. The first-order valence-corrected chi connectivity index (χ1v) is 31.7. The molecular weight excluding hydrogens is 1170 g/mol. The summed E-state index contributed by atoms with van der Waals surface area (Å²) in [6.45, 7) is 85.7. The van der Waals surface area contributed by atoms with Gasteiger partial charge in [-0.05, 0) is 279 Å². The number of pyridine rings is 1. The third kappa shape index (κ3) is 23.9. The predicted molar refractivity (Wildman–Crippen MR) is 391 cm³/mol. The molecule has 0 radical (unpaired) electrons. The van der Waals surface area contributed by atoms with E-state index in [0.717, 1.165) is 80.2 Å². The van der Waals surface area contributed by atoms with E-state index >= 15 is 0 Å². The van der Waals surface area contributed by atoms with Crippen molar-refractivity contribution >= 4 is 28.8 Å². The molecule has 0 amide bonds. The molecule has 0 spiro atoms. The molecule has 0 aromatic carbocycles. The summed E-state index contributed by atoms with van der Waals surface area (Å²) in [6.07, 6.45) is 0. The average molecular weight is 1290 g/mol. The molecule has 0 saturated heterocycles. The van der Waals surface area contributed by atoms with E-state index in [4.69, 9.17) is 0 Å². The molecule has 93 heavy (non-hydrogen) atoms. The lowest BCUT2D eigenvalue weighted by Crippen LogP contribution is -2.44. The Morgan fingerprint density at radius 1 is 0.398 bits per heavy atom. The van der Waals surface area contributed by atoms with Gasteiger partial charge in [0, 0.05) is 62.3 Å². The largest absolute Gasteiger partial charge is 0.364 e. The van der Waals surface area contributed by atoms with Gasteiger partial charge in [0.15, 0.2) is 0 Å². The summed E-state index contributed by atoms with van der Waals surface area (Å²) in [5.41, 5.74) is 10.5. The van der Waals surface area contributed by atoms with Crippen molar-refractivity contribution in [2.75, 3.05) is 0 Å². The molecule has 3 aliphatic rings. The lowest BCUT2D eigenvalue weighted by molar-refractivity contribution is 0.191.